The zero-order valence-electron chi connectivity index (χ0n) is 13.4. The summed E-state index contributed by atoms with van der Waals surface area (Å²) >= 11 is 0. The molecule has 0 amide bonds. The molecule has 3 aromatic carbocycles. The first-order valence-electron chi connectivity index (χ1n) is 7.81. The fourth-order valence-corrected chi connectivity index (χ4v) is 2.38. The van der Waals surface area contributed by atoms with E-state index in [4.69, 9.17) is 9.15 Å². The lowest BCUT2D eigenvalue weighted by molar-refractivity contribution is 0.442. The van der Waals surface area contributed by atoms with Crippen LogP contribution in [0, 0.1) is 11.6 Å². The van der Waals surface area contributed by atoms with Crippen molar-refractivity contribution in [1.29, 1.82) is 0 Å². The van der Waals surface area contributed by atoms with E-state index in [0.29, 0.717) is 16.9 Å². The van der Waals surface area contributed by atoms with Crippen molar-refractivity contribution in [2.24, 2.45) is 0 Å². The van der Waals surface area contributed by atoms with Crippen LogP contribution < -0.4 is 4.74 Å². The number of hydrogen-bond donors (Lipinski definition) is 0. The summed E-state index contributed by atoms with van der Waals surface area (Å²) in [6.45, 7) is 0. The fraction of sp³-hybridized carbons (Fsp3) is 0. The molecule has 26 heavy (non-hydrogen) atoms. The lowest BCUT2D eigenvalue weighted by Crippen LogP contribution is -1.89. The molecule has 1 heterocycles. The average Bonchev–Trinajstić information content (AvgIpc) is 3.15. The number of hydrogen-bond acceptors (Lipinski definition) is 4. The van der Waals surface area contributed by atoms with Crippen LogP contribution in [0.15, 0.2) is 77.2 Å². The molecule has 0 fully saturated rings. The highest BCUT2D eigenvalue weighted by molar-refractivity contribution is 5.59. The van der Waals surface area contributed by atoms with Gasteiger partial charge in [-0.05, 0) is 54.6 Å². The van der Waals surface area contributed by atoms with E-state index in [0.717, 1.165) is 0 Å². The zero-order chi connectivity index (χ0) is 17.9. The highest BCUT2D eigenvalue weighted by Crippen LogP contribution is 2.30. The van der Waals surface area contributed by atoms with Crippen LogP contribution in [0.3, 0.4) is 0 Å². The monoisotopic (exact) mass is 350 g/mol. The van der Waals surface area contributed by atoms with Gasteiger partial charge in [-0.1, -0.05) is 18.2 Å². The van der Waals surface area contributed by atoms with Gasteiger partial charge in [-0.3, -0.25) is 0 Å². The van der Waals surface area contributed by atoms with Gasteiger partial charge in [-0.15, -0.1) is 10.2 Å². The Kier molecular flexibility index (Phi) is 4.15. The third-order valence-corrected chi connectivity index (χ3v) is 3.67. The van der Waals surface area contributed by atoms with Crippen LogP contribution in [-0.4, -0.2) is 10.2 Å². The number of ether oxygens (including phenoxy) is 1. The summed E-state index contributed by atoms with van der Waals surface area (Å²) in [6.07, 6.45) is 0. The van der Waals surface area contributed by atoms with Gasteiger partial charge in [0.25, 0.3) is 0 Å². The van der Waals surface area contributed by atoms with Crippen molar-refractivity contribution in [1.82, 2.24) is 10.2 Å². The summed E-state index contributed by atoms with van der Waals surface area (Å²) in [6, 6.07) is 18.9. The van der Waals surface area contributed by atoms with Gasteiger partial charge in [-0.2, -0.15) is 0 Å². The summed E-state index contributed by atoms with van der Waals surface area (Å²) in [5.41, 5.74) is 1.10. The third kappa shape index (κ3) is 3.30. The van der Waals surface area contributed by atoms with Crippen molar-refractivity contribution in [2.75, 3.05) is 0 Å². The van der Waals surface area contributed by atoms with Crippen LogP contribution in [0.25, 0.3) is 22.9 Å². The maximum Gasteiger partial charge on any atom is 0.248 e. The van der Waals surface area contributed by atoms with Crippen molar-refractivity contribution < 1.29 is 17.9 Å². The van der Waals surface area contributed by atoms with Crippen LogP contribution in [0.4, 0.5) is 8.78 Å². The minimum Gasteiger partial charge on any atom is -0.454 e. The van der Waals surface area contributed by atoms with Crippen molar-refractivity contribution in [3.63, 3.8) is 0 Å². The van der Waals surface area contributed by atoms with E-state index in [1.807, 2.05) is 6.07 Å². The van der Waals surface area contributed by atoms with E-state index >= 15 is 0 Å². The SMILES string of the molecule is Fc1ccc(-c2nnc(-c3ccc(F)c(Oc4ccccc4)c3)o2)cc1. The predicted octanol–water partition coefficient (Wildman–Crippen LogP) is 5.47. The molecule has 4 rings (SSSR count). The normalized spacial score (nSPS) is 10.7. The van der Waals surface area contributed by atoms with Gasteiger partial charge in [0.15, 0.2) is 11.6 Å². The molecule has 0 saturated heterocycles. The summed E-state index contributed by atoms with van der Waals surface area (Å²) in [4.78, 5) is 0. The van der Waals surface area contributed by atoms with Gasteiger partial charge >= 0.3 is 0 Å². The Morgan fingerprint density at radius 2 is 1.38 bits per heavy atom. The van der Waals surface area contributed by atoms with Crippen molar-refractivity contribution in [3.8, 4) is 34.4 Å². The lowest BCUT2D eigenvalue weighted by Gasteiger charge is -2.07. The number of nitrogens with zero attached hydrogens (tertiary/aromatic N) is 2. The Labute approximate surface area is 147 Å². The molecule has 0 bridgehead atoms. The number of aromatic nitrogens is 2. The number of benzene rings is 3. The Morgan fingerprint density at radius 1 is 0.731 bits per heavy atom. The molecule has 0 aliphatic heterocycles. The van der Waals surface area contributed by atoms with Crippen LogP contribution in [-0.2, 0) is 0 Å². The van der Waals surface area contributed by atoms with E-state index in [9.17, 15) is 8.78 Å². The van der Waals surface area contributed by atoms with Gasteiger partial charge in [0.2, 0.25) is 11.8 Å². The topological polar surface area (TPSA) is 48.2 Å². The predicted molar refractivity (Wildman–Crippen MR) is 91.6 cm³/mol. The summed E-state index contributed by atoms with van der Waals surface area (Å²) in [7, 11) is 0. The van der Waals surface area contributed by atoms with Crippen molar-refractivity contribution >= 4 is 0 Å². The molecule has 0 saturated carbocycles. The number of rotatable bonds is 4. The molecular formula is C20H12F2N2O2. The van der Waals surface area contributed by atoms with Crippen molar-refractivity contribution in [2.45, 2.75) is 0 Å². The maximum atomic E-state index is 14.1. The summed E-state index contributed by atoms with van der Waals surface area (Å²) in [5, 5.41) is 7.93. The quantitative estimate of drug-likeness (QED) is 0.489. The molecule has 1 aromatic heterocycles. The second-order valence-electron chi connectivity index (χ2n) is 5.48. The fourth-order valence-electron chi connectivity index (χ4n) is 2.38. The van der Waals surface area contributed by atoms with Crippen molar-refractivity contribution in [3.05, 3.63) is 84.4 Å². The van der Waals surface area contributed by atoms with Gasteiger partial charge in [0.1, 0.15) is 11.6 Å². The standard InChI is InChI=1S/C20H12F2N2O2/c21-15-9-6-13(7-10-15)19-23-24-20(26-19)14-8-11-17(22)18(12-14)25-16-4-2-1-3-5-16/h1-12H. The first-order valence-corrected chi connectivity index (χ1v) is 7.81. The molecule has 0 radical (unpaired) electrons. The van der Waals surface area contributed by atoms with E-state index in [1.54, 1.807) is 36.4 Å². The summed E-state index contributed by atoms with van der Waals surface area (Å²) < 4.78 is 38.3. The van der Waals surface area contributed by atoms with Gasteiger partial charge in [-0.25, -0.2) is 8.78 Å². The van der Waals surface area contributed by atoms with Crippen LogP contribution in [0.2, 0.25) is 0 Å². The first-order chi connectivity index (χ1) is 12.7. The Balaban J connectivity index is 1.64. The van der Waals surface area contributed by atoms with E-state index in [1.165, 1.54) is 30.3 Å². The molecule has 0 aliphatic rings. The molecule has 128 valence electrons. The first kappa shape index (κ1) is 16.0. The van der Waals surface area contributed by atoms with E-state index in [2.05, 4.69) is 10.2 Å². The zero-order valence-corrected chi connectivity index (χ0v) is 13.4. The third-order valence-electron chi connectivity index (χ3n) is 3.67. The highest BCUT2D eigenvalue weighted by atomic mass is 19.1. The maximum absolute atomic E-state index is 14.1. The van der Waals surface area contributed by atoms with E-state index < -0.39 is 5.82 Å². The molecule has 0 atom stereocenters. The van der Waals surface area contributed by atoms with Crippen LogP contribution in [0.1, 0.15) is 0 Å². The minimum atomic E-state index is -0.504. The number of halogens is 2. The molecule has 6 heteroatoms. The van der Waals surface area contributed by atoms with Gasteiger partial charge in [0, 0.05) is 11.1 Å². The molecule has 0 aliphatic carbocycles. The Morgan fingerprint density at radius 3 is 2.12 bits per heavy atom. The molecule has 0 spiro atoms. The number of para-hydroxylation sites is 1. The highest BCUT2D eigenvalue weighted by Gasteiger charge is 2.14. The Hall–Kier alpha value is -3.54. The molecular weight excluding hydrogens is 338 g/mol. The van der Waals surface area contributed by atoms with Gasteiger partial charge in [0.05, 0.1) is 0 Å². The molecule has 4 aromatic rings. The minimum absolute atomic E-state index is 0.0511. The second-order valence-corrected chi connectivity index (χ2v) is 5.48. The Bertz CT molecular complexity index is 1030. The molecule has 0 N–H and O–H groups in total. The molecule has 0 unspecified atom stereocenters. The van der Waals surface area contributed by atoms with E-state index in [-0.39, 0.29) is 23.3 Å². The largest absolute Gasteiger partial charge is 0.454 e. The van der Waals surface area contributed by atoms with Crippen LogP contribution in [0.5, 0.6) is 11.5 Å². The summed E-state index contributed by atoms with van der Waals surface area (Å²) in [5.74, 6) is 0.166. The smallest absolute Gasteiger partial charge is 0.248 e. The lowest BCUT2D eigenvalue weighted by atomic mass is 10.2. The van der Waals surface area contributed by atoms with Gasteiger partial charge < -0.3 is 9.15 Å². The second kappa shape index (κ2) is 6.76. The molecule has 4 nitrogen and oxygen atoms in total. The van der Waals surface area contributed by atoms with Crippen LogP contribution >= 0.6 is 0 Å². The average molecular weight is 350 g/mol.